The quantitative estimate of drug-likeness (QED) is 0.384. The molecule has 4 aliphatic carbocycles. The van der Waals surface area contributed by atoms with Gasteiger partial charge in [0.1, 0.15) is 5.78 Å². The van der Waals surface area contributed by atoms with Gasteiger partial charge in [0, 0.05) is 24.4 Å². The van der Waals surface area contributed by atoms with Crippen LogP contribution in [0.1, 0.15) is 91.9 Å². The molecule has 5 heteroatoms. The summed E-state index contributed by atoms with van der Waals surface area (Å²) in [6.45, 7) is 16.4. The third kappa shape index (κ3) is 4.46. The first-order chi connectivity index (χ1) is 15.8. The zero-order valence-electron chi connectivity index (χ0n) is 22.9. The van der Waals surface area contributed by atoms with Crippen molar-refractivity contribution in [2.75, 3.05) is 0 Å². The van der Waals surface area contributed by atoms with E-state index in [2.05, 4.69) is 47.3 Å². The first-order valence-corrected chi connectivity index (χ1v) is 17.7. The van der Waals surface area contributed by atoms with Crippen LogP contribution in [0.4, 0.5) is 0 Å². The van der Waals surface area contributed by atoms with Crippen LogP contribution >= 0.6 is 0 Å². The lowest BCUT2D eigenvalue weighted by atomic mass is 9.42. The van der Waals surface area contributed by atoms with Crippen molar-refractivity contribution in [3.8, 4) is 0 Å². The zero-order chi connectivity index (χ0) is 25.1. The molecule has 0 aliphatic heterocycles. The lowest BCUT2D eigenvalue weighted by Gasteiger charge is -2.62. The average Bonchev–Trinajstić information content (AvgIpc) is 3.09. The Hall–Kier alpha value is -0.683. The van der Waals surface area contributed by atoms with Crippen molar-refractivity contribution >= 4 is 20.1 Å². The van der Waals surface area contributed by atoms with Crippen molar-refractivity contribution < 1.29 is 19.1 Å². The minimum atomic E-state index is -1.59. The predicted molar refractivity (Wildman–Crippen MR) is 139 cm³/mol. The average molecular weight is 491 g/mol. The van der Waals surface area contributed by atoms with Crippen molar-refractivity contribution in [2.24, 2.45) is 52.3 Å². The van der Waals surface area contributed by atoms with Gasteiger partial charge in [-0.25, -0.2) is 0 Å². The van der Waals surface area contributed by atoms with Gasteiger partial charge in [-0.15, -0.1) is 0 Å². The Morgan fingerprint density at radius 1 is 1.06 bits per heavy atom. The van der Waals surface area contributed by atoms with Crippen molar-refractivity contribution in [3.63, 3.8) is 0 Å². The molecule has 4 saturated carbocycles. The van der Waals surface area contributed by atoms with E-state index >= 15 is 0 Å². The Kier molecular flexibility index (Phi) is 7.23. The highest BCUT2D eigenvalue weighted by atomic mass is 28.4. The van der Waals surface area contributed by atoms with Crippen LogP contribution < -0.4 is 0 Å². The summed E-state index contributed by atoms with van der Waals surface area (Å²) in [5.41, 5.74) is 0.446. The summed E-state index contributed by atoms with van der Waals surface area (Å²) in [4.78, 5) is 25.4. The second-order valence-corrected chi connectivity index (χ2v) is 18.5. The van der Waals surface area contributed by atoms with Gasteiger partial charge in [-0.05, 0) is 118 Å². The Balaban J connectivity index is 1.59. The maximum absolute atomic E-state index is 14.2. The Bertz CT molecular complexity index is 789. The molecule has 0 aromatic heterocycles. The van der Waals surface area contributed by atoms with Crippen LogP contribution in [0.3, 0.4) is 0 Å². The molecule has 0 bridgehead atoms. The fourth-order valence-corrected chi connectivity index (χ4v) is 11.0. The van der Waals surface area contributed by atoms with E-state index in [1.54, 1.807) is 0 Å². The topological polar surface area (TPSA) is 63.6 Å². The van der Waals surface area contributed by atoms with Gasteiger partial charge >= 0.3 is 5.97 Å². The summed E-state index contributed by atoms with van der Waals surface area (Å²) < 4.78 is 6.59. The largest absolute Gasteiger partial charge is 0.481 e. The van der Waals surface area contributed by atoms with Crippen LogP contribution in [-0.2, 0) is 14.0 Å². The van der Waals surface area contributed by atoms with Gasteiger partial charge in [-0.2, -0.15) is 0 Å². The molecule has 0 aromatic rings. The van der Waals surface area contributed by atoms with E-state index in [1.165, 1.54) is 25.7 Å². The highest BCUT2D eigenvalue weighted by Crippen LogP contribution is 2.68. The third-order valence-electron chi connectivity index (χ3n) is 11.2. The van der Waals surface area contributed by atoms with Gasteiger partial charge in [-0.1, -0.05) is 27.7 Å². The maximum Gasteiger partial charge on any atom is 0.303 e. The molecule has 0 spiro atoms. The van der Waals surface area contributed by atoms with E-state index < -0.39 is 14.3 Å². The Labute approximate surface area is 209 Å². The van der Waals surface area contributed by atoms with E-state index in [4.69, 9.17) is 4.43 Å². The number of ketones is 1. The zero-order valence-corrected chi connectivity index (χ0v) is 23.9. The normalized spacial score (nSPS) is 45.3. The number of carboxylic acid groups (broad SMARTS) is 1. The smallest absolute Gasteiger partial charge is 0.303 e. The van der Waals surface area contributed by atoms with Crippen molar-refractivity contribution in [1.29, 1.82) is 0 Å². The fourth-order valence-electron chi connectivity index (χ4n) is 9.75. The number of hydrogen-bond donors (Lipinski definition) is 1. The van der Waals surface area contributed by atoms with E-state index in [0.717, 1.165) is 32.1 Å². The number of carbonyl (C=O) groups excluding carboxylic acids is 1. The van der Waals surface area contributed by atoms with Crippen LogP contribution in [0.5, 0.6) is 0 Å². The Morgan fingerprint density at radius 2 is 1.71 bits per heavy atom. The minimum Gasteiger partial charge on any atom is -0.481 e. The molecule has 0 saturated heterocycles. The first kappa shape index (κ1) is 26.4. The lowest BCUT2D eigenvalue weighted by Crippen LogP contribution is -2.61. The number of hydrogen-bond acceptors (Lipinski definition) is 3. The summed E-state index contributed by atoms with van der Waals surface area (Å²) in [7, 11) is -1.59. The predicted octanol–water partition coefficient (Wildman–Crippen LogP) is 7.18. The van der Waals surface area contributed by atoms with Gasteiger partial charge in [-0.3, -0.25) is 9.59 Å². The van der Waals surface area contributed by atoms with Crippen LogP contribution in [0.15, 0.2) is 0 Å². The summed E-state index contributed by atoms with van der Waals surface area (Å²) in [6.07, 6.45) is 10.5. The number of fused-ring (bicyclic) bond motifs is 5. The van der Waals surface area contributed by atoms with Crippen molar-refractivity contribution in [3.05, 3.63) is 0 Å². The standard InChI is InChI=1S/C29H50O4Si/c1-8-20-24-17-19(33-34(5,6)7)13-15-29(24,4)23-14-16-28(3)21(18(2)9-12-25(30)31)10-11-22(28)26(23)27(20)32/h18-24,26H,8-17H2,1-7H3,(H,30,31)/t18-,19-,20-,21-,22+,23+,24+,26+,28-,29-/m1/s1. The molecule has 1 N–H and O–H groups in total. The van der Waals surface area contributed by atoms with Gasteiger partial charge in [0.25, 0.3) is 0 Å². The second-order valence-electron chi connectivity index (χ2n) is 14.0. The molecular formula is C29H50O4Si. The molecule has 0 heterocycles. The van der Waals surface area contributed by atoms with E-state index in [1.807, 2.05) is 0 Å². The summed E-state index contributed by atoms with van der Waals surface area (Å²) in [5.74, 6) is 2.75. The molecule has 0 amide bonds. The van der Waals surface area contributed by atoms with E-state index in [9.17, 15) is 14.7 Å². The molecule has 0 aromatic carbocycles. The molecule has 10 atom stereocenters. The maximum atomic E-state index is 14.2. The molecule has 4 aliphatic rings. The number of carbonyl (C=O) groups is 2. The van der Waals surface area contributed by atoms with Crippen LogP contribution in [0.25, 0.3) is 0 Å². The first-order valence-electron chi connectivity index (χ1n) is 14.2. The molecular weight excluding hydrogens is 440 g/mol. The molecule has 194 valence electrons. The summed E-state index contributed by atoms with van der Waals surface area (Å²) >= 11 is 0. The Morgan fingerprint density at radius 3 is 2.32 bits per heavy atom. The highest BCUT2D eigenvalue weighted by molar-refractivity contribution is 6.69. The highest BCUT2D eigenvalue weighted by Gasteiger charge is 2.65. The van der Waals surface area contributed by atoms with E-state index in [0.29, 0.717) is 41.5 Å². The molecule has 4 nitrogen and oxygen atoms in total. The molecule has 34 heavy (non-hydrogen) atoms. The van der Waals surface area contributed by atoms with Gasteiger partial charge in [0.05, 0.1) is 0 Å². The lowest BCUT2D eigenvalue weighted by molar-refractivity contribution is -0.172. The molecule has 0 unspecified atom stereocenters. The summed E-state index contributed by atoms with van der Waals surface area (Å²) in [5, 5.41) is 9.22. The fraction of sp³-hybridized carbons (Fsp3) is 0.931. The van der Waals surface area contributed by atoms with Crippen LogP contribution in [0.2, 0.25) is 19.6 Å². The van der Waals surface area contributed by atoms with E-state index in [-0.39, 0.29) is 29.1 Å². The second kappa shape index (κ2) is 9.32. The number of carboxylic acids is 1. The number of rotatable bonds is 7. The summed E-state index contributed by atoms with van der Waals surface area (Å²) in [6, 6.07) is 0. The van der Waals surface area contributed by atoms with Crippen LogP contribution in [0, 0.1) is 52.3 Å². The molecule has 0 radical (unpaired) electrons. The van der Waals surface area contributed by atoms with Crippen molar-refractivity contribution in [2.45, 2.75) is 118 Å². The number of Topliss-reactive ketones (excluding diaryl/α,β-unsaturated/α-hetero) is 1. The van der Waals surface area contributed by atoms with Gasteiger partial charge < -0.3 is 9.53 Å². The third-order valence-corrected chi connectivity index (χ3v) is 12.2. The van der Waals surface area contributed by atoms with Gasteiger partial charge in [0.15, 0.2) is 8.32 Å². The molecule has 4 rings (SSSR count). The van der Waals surface area contributed by atoms with Crippen LogP contribution in [-0.4, -0.2) is 31.3 Å². The van der Waals surface area contributed by atoms with Crippen molar-refractivity contribution in [1.82, 2.24) is 0 Å². The van der Waals surface area contributed by atoms with Gasteiger partial charge in [0.2, 0.25) is 0 Å². The SMILES string of the molecule is CC[C@H]1C(=O)[C@@H]2[C@H](CC[C@]3(C)[C@@H]([C@H](C)CCC(=O)O)CC[C@@H]23)[C@@]2(C)CC[C@@H](O[Si](C)(C)C)C[C@@H]12. The number of aliphatic carboxylic acids is 1. The molecule has 4 fully saturated rings. The monoisotopic (exact) mass is 490 g/mol. The minimum absolute atomic E-state index is 0.185.